The zero-order chi connectivity index (χ0) is 17.2. The molecule has 0 unspecified atom stereocenters. The minimum absolute atomic E-state index is 0.101. The van der Waals surface area contributed by atoms with Gasteiger partial charge in [0.2, 0.25) is 4.38 Å². The summed E-state index contributed by atoms with van der Waals surface area (Å²) in [6.07, 6.45) is 3.72. The zero-order valence-corrected chi connectivity index (χ0v) is 15.9. The summed E-state index contributed by atoms with van der Waals surface area (Å²) >= 11 is 7.89. The Morgan fingerprint density at radius 1 is 1.43 bits per heavy atom. The molecule has 0 aromatic carbocycles. The van der Waals surface area contributed by atoms with Gasteiger partial charge >= 0.3 is 5.97 Å². The standard InChI is InChI=1S/C15H21NO4S3/c1-4-6-7-20-15(21)22-9-11-8-16-13(23-11)12(10(3)17)14(18)19-5-2/h8,17H,4-7,9H2,1-3H3/b12-10+. The van der Waals surface area contributed by atoms with Gasteiger partial charge in [-0.2, -0.15) is 0 Å². The highest BCUT2D eigenvalue weighted by atomic mass is 32.2. The molecule has 0 spiro atoms. The molecule has 0 radical (unpaired) electrons. The number of nitrogens with zero attached hydrogens (tertiary/aromatic N) is 1. The number of thiazole rings is 1. The number of esters is 1. The van der Waals surface area contributed by atoms with Crippen molar-refractivity contribution in [3.05, 3.63) is 21.8 Å². The summed E-state index contributed by atoms with van der Waals surface area (Å²) < 4.78 is 10.9. The van der Waals surface area contributed by atoms with Crippen LogP contribution in [0.2, 0.25) is 0 Å². The van der Waals surface area contributed by atoms with Crippen molar-refractivity contribution >= 4 is 51.2 Å². The van der Waals surface area contributed by atoms with E-state index in [4.69, 9.17) is 21.7 Å². The minimum atomic E-state index is -0.570. The Morgan fingerprint density at radius 3 is 2.78 bits per heavy atom. The number of ether oxygens (including phenoxy) is 2. The zero-order valence-electron chi connectivity index (χ0n) is 13.5. The monoisotopic (exact) mass is 375 g/mol. The second kappa shape index (κ2) is 10.6. The molecule has 0 aliphatic carbocycles. The third-order valence-corrected chi connectivity index (χ3v) is 5.14. The molecule has 0 amide bonds. The summed E-state index contributed by atoms with van der Waals surface area (Å²) in [5.41, 5.74) is 0.106. The third-order valence-electron chi connectivity index (χ3n) is 2.66. The molecule has 0 saturated heterocycles. The van der Waals surface area contributed by atoms with Gasteiger partial charge in [-0.25, -0.2) is 9.78 Å². The van der Waals surface area contributed by atoms with E-state index in [1.54, 1.807) is 13.1 Å². The van der Waals surface area contributed by atoms with Crippen LogP contribution in [0.1, 0.15) is 43.5 Å². The highest BCUT2D eigenvalue weighted by Crippen LogP contribution is 2.27. The molecule has 8 heteroatoms. The average Bonchev–Trinajstić information content (AvgIpc) is 2.94. The van der Waals surface area contributed by atoms with Gasteiger partial charge in [-0.3, -0.25) is 0 Å². The molecule has 1 rings (SSSR count). The van der Waals surface area contributed by atoms with Crippen molar-refractivity contribution in [2.75, 3.05) is 13.2 Å². The fourth-order valence-electron chi connectivity index (χ4n) is 1.55. The smallest absolute Gasteiger partial charge is 0.344 e. The van der Waals surface area contributed by atoms with Crippen molar-refractivity contribution < 1.29 is 19.4 Å². The van der Waals surface area contributed by atoms with E-state index in [1.807, 2.05) is 0 Å². The summed E-state index contributed by atoms with van der Waals surface area (Å²) in [5, 5.41) is 10.2. The first-order valence-corrected chi connectivity index (χ1v) is 9.52. The topological polar surface area (TPSA) is 68.7 Å². The molecule has 0 aliphatic rings. The van der Waals surface area contributed by atoms with Gasteiger partial charge in [0, 0.05) is 16.8 Å². The van der Waals surface area contributed by atoms with Crippen molar-refractivity contribution in [2.45, 2.75) is 39.4 Å². The Morgan fingerprint density at radius 2 is 2.17 bits per heavy atom. The van der Waals surface area contributed by atoms with Crippen LogP contribution in [-0.2, 0) is 20.0 Å². The van der Waals surface area contributed by atoms with Crippen LogP contribution in [-0.4, -0.2) is 33.7 Å². The maximum absolute atomic E-state index is 11.9. The maximum Gasteiger partial charge on any atom is 0.344 e. The molecule has 0 bridgehead atoms. The van der Waals surface area contributed by atoms with Crippen LogP contribution in [0.15, 0.2) is 12.0 Å². The first kappa shape index (κ1) is 19.9. The Labute approximate surface area is 150 Å². The van der Waals surface area contributed by atoms with Gasteiger partial charge in [0.15, 0.2) is 0 Å². The Bertz CT molecular complexity index is 565. The minimum Gasteiger partial charge on any atom is -0.512 e. The number of allylic oxidation sites excluding steroid dienone is 1. The van der Waals surface area contributed by atoms with E-state index in [9.17, 15) is 9.90 Å². The third kappa shape index (κ3) is 6.88. The van der Waals surface area contributed by atoms with Crippen LogP contribution in [0.25, 0.3) is 5.57 Å². The Hall–Kier alpha value is -1.12. The van der Waals surface area contributed by atoms with Crippen molar-refractivity contribution in [3.8, 4) is 0 Å². The second-order valence-corrected chi connectivity index (χ2v) is 7.25. The summed E-state index contributed by atoms with van der Waals surface area (Å²) in [6, 6.07) is 0. The van der Waals surface area contributed by atoms with Crippen LogP contribution in [0.5, 0.6) is 0 Å². The van der Waals surface area contributed by atoms with Crippen molar-refractivity contribution in [3.63, 3.8) is 0 Å². The average molecular weight is 376 g/mol. The Kier molecular flexibility index (Phi) is 9.20. The molecule has 5 nitrogen and oxygen atoms in total. The summed E-state index contributed by atoms with van der Waals surface area (Å²) in [4.78, 5) is 17.0. The Balaban J connectivity index is 2.64. The number of hydrogen-bond donors (Lipinski definition) is 1. The summed E-state index contributed by atoms with van der Waals surface area (Å²) in [5.74, 6) is -0.0571. The lowest BCUT2D eigenvalue weighted by atomic mass is 10.2. The maximum atomic E-state index is 11.9. The number of aliphatic hydroxyl groups is 1. The lowest BCUT2D eigenvalue weighted by molar-refractivity contribution is -0.136. The largest absolute Gasteiger partial charge is 0.512 e. The van der Waals surface area contributed by atoms with E-state index in [-0.39, 0.29) is 17.9 Å². The van der Waals surface area contributed by atoms with Crippen LogP contribution in [0.3, 0.4) is 0 Å². The molecule has 0 fully saturated rings. The van der Waals surface area contributed by atoms with Gasteiger partial charge < -0.3 is 14.6 Å². The van der Waals surface area contributed by atoms with E-state index in [2.05, 4.69) is 11.9 Å². The van der Waals surface area contributed by atoms with Gasteiger partial charge in [-0.1, -0.05) is 25.1 Å². The number of carbonyl (C=O) groups is 1. The first-order chi connectivity index (χ1) is 11.0. The van der Waals surface area contributed by atoms with E-state index >= 15 is 0 Å². The van der Waals surface area contributed by atoms with Crippen LogP contribution in [0, 0.1) is 0 Å². The van der Waals surface area contributed by atoms with E-state index < -0.39 is 5.97 Å². The van der Waals surface area contributed by atoms with Crippen molar-refractivity contribution in [2.24, 2.45) is 0 Å². The van der Waals surface area contributed by atoms with E-state index in [0.717, 1.165) is 17.7 Å². The fourth-order valence-corrected chi connectivity index (χ4v) is 3.52. The number of unbranched alkanes of at least 4 members (excludes halogenated alkanes) is 1. The molecular weight excluding hydrogens is 354 g/mol. The number of rotatable bonds is 8. The molecule has 23 heavy (non-hydrogen) atoms. The fraction of sp³-hybridized carbons (Fsp3) is 0.533. The van der Waals surface area contributed by atoms with Crippen LogP contribution >= 0.6 is 35.3 Å². The number of aliphatic hydroxyl groups excluding tert-OH is 1. The molecule has 1 aromatic heterocycles. The predicted octanol–water partition coefficient (Wildman–Crippen LogP) is 4.33. The summed E-state index contributed by atoms with van der Waals surface area (Å²) in [7, 11) is 0. The van der Waals surface area contributed by atoms with E-state index in [1.165, 1.54) is 30.0 Å². The quantitative estimate of drug-likeness (QED) is 0.238. The predicted molar refractivity (Wildman–Crippen MR) is 98.7 cm³/mol. The summed E-state index contributed by atoms with van der Waals surface area (Å²) in [6.45, 7) is 6.13. The molecule has 1 aromatic rings. The normalized spacial score (nSPS) is 11.8. The van der Waals surface area contributed by atoms with Gasteiger partial charge in [0.1, 0.15) is 16.3 Å². The SMILES string of the molecule is CCCCOC(=S)SCc1cnc(/C(C(=O)OCC)=C(/C)O)s1. The van der Waals surface area contributed by atoms with Crippen LogP contribution in [0.4, 0.5) is 0 Å². The number of thioether (sulfide) groups is 1. The number of aromatic nitrogens is 1. The lowest BCUT2D eigenvalue weighted by Gasteiger charge is -2.05. The molecule has 0 saturated carbocycles. The highest BCUT2D eigenvalue weighted by molar-refractivity contribution is 8.22. The van der Waals surface area contributed by atoms with Crippen LogP contribution < -0.4 is 0 Å². The molecule has 128 valence electrons. The first-order valence-electron chi connectivity index (χ1n) is 7.31. The molecule has 0 atom stereocenters. The van der Waals surface area contributed by atoms with Gasteiger partial charge in [-0.05, 0) is 32.5 Å². The molecule has 1 N–H and O–H groups in total. The highest BCUT2D eigenvalue weighted by Gasteiger charge is 2.20. The molecular formula is C15H21NO4S3. The second-order valence-electron chi connectivity index (χ2n) is 4.55. The van der Waals surface area contributed by atoms with Gasteiger partial charge in [0.25, 0.3) is 0 Å². The van der Waals surface area contributed by atoms with Gasteiger partial charge in [0.05, 0.1) is 13.2 Å². The lowest BCUT2D eigenvalue weighted by Crippen LogP contribution is -2.08. The van der Waals surface area contributed by atoms with Gasteiger partial charge in [-0.15, -0.1) is 11.3 Å². The molecule has 0 aliphatic heterocycles. The number of thiocarbonyl (C=S) groups is 1. The van der Waals surface area contributed by atoms with E-state index in [0.29, 0.717) is 21.8 Å². The number of hydrogen-bond acceptors (Lipinski definition) is 8. The molecule has 1 heterocycles. The van der Waals surface area contributed by atoms with Crippen molar-refractivity contribution in [1.29, 1.82) is 0 Å². The number of carbonyl (C=O) groups excluding carboxylic acids is 1. The van der Waals surface area contributed by atoms with Crippen molar-refractivity contribution in [1.82, 2.24) is 4.98 Å².